The lowest BCUT2D eigenvalue weighted by molar-refractivity contribution is -0.0192. The van der Waals surface area contributed by atoms with E-state index in [-0.39, 0.29) is 0 Å². The molecular formula is C13H19ClN2OS. The molecule has 18 heavy (non-hydrogen) atoms. The highest BCUT2D eigenvalue weighted by Crippen LogP contribution is 2.39. The van der Waals surface area contributed by atoms with Crippen LogP contribution in [0.1, 0.15) is 22.9 Å². The minimum Gasteiger partial charge on any atom is -0.374 e. The van der Waals surface area contributed by atoms with E-state index in [1.807, 2.05) is 0 Å². The number of morpholine rings is 1. The lowest BCUT2D eigenvalue weighted by atomic mass is 10.1. The Morgan fingerprint density at radius 2 is 2.50 bits per heavy atom. The third-order valence-electron chi connectivity index (χ3n) is 3.78. The summed E-state index contributed by atoms with van der Waals surface area (Å²) in [5.74, 6) is 0. The zero-order valence-electron chi connectivity index (χ0n) is 10.6. The molecule has 100 valence electrons. The predicted molar refractivity (Wildman–Crippen MR) is 75.6 cm³/mol. The Balaban J connectivity index is 1.55. The van der Waals surface area contributed by atoms with Crippen molar-refractivity contribution in [2.45, 2.75) is 25.0 Å². The third kappa shape index (κ3) is 2.73. The highest BCUT2D eigenvalue weighted by Gasteiger charge is 2.26. The van der Waals surface area contributed by atoms with Crippen LogP contribution >= 0.6 is 22.9 Å². The first-order chi connectivity index (χ1) is 8.72. The van der Waals surface area contributed by atoms with Crippen LogP contribution in [0.2, 0.25) is 4.34 Å². The second-order valence-electron chi connectivity index (χ2n) is 5.18. The molecule has 1 aromatic rings. The van der Waals surface area contributed by atoms with E-state index in [4.69, 9.17) is 16.3 Å². The summed E-state index contributed by atoms with van der Waals surface area (Å²) >= 11 is 7.80. The fourth-order valence-electron chi connectivity index (χ4n) is 2.81. The summed E-state index contributed by atoms with van der Waals surface area (Å²) in [4.78, 5) is 3.79. The first kappa shape index (κ1) is 12.9. The van der Waals surface area contributed by atoms with E-state index in [2.05, 4.69) is 23.3 Å². The van der Waals surface area contributed by atoms with Crippen molar-refractivity contribution in [3.05, 3.63) is 20.8 Å². The van der Waals surface area contributed by atoms with Crippen molar-refractivity contribution in [2.75, 3.05) is 33.3 Å². The summed E-state index contributed by atoms with van der Waals surface area (Å²) < 4.78 is 6.69. The Bertz CT molecular complexity index is 423. The molecule has 2 unspecified atom stereocenters. The molecule has 0 spiro atoms. The van der Waals surface area contributed by atoms with Gasteiger partial charge in [-0.2, -0.15) is 0 Å². The van der Waals surface area contributed by atoms with Crippen LogP contribution in [0.25, 0.3) is 0 Å². The molecule has 0 bridgehead atoms. The average molecular weight is 287 g/mol. The quantitative estimate of drug-likeness (QED) is 0.923. The Labute approximate surface area is 117 Å². The SMILES string of the molecule is CN1CCOC(CNC2CCc3sc(Cl)cc32)C1. The van der Waals surface area contributed by atoms with E-state index < -0.39 is 0 Å². The predicted octanol–water partition coefficient (Wildman–Crippen LogP) is 2.31. The van der Waals surface area contributed by atoms with E-state index in [9.17, 15) is 0 Å². The van der Waals surface area contributed by atoms with Crippen LogP contribution in [0.4, 0.5) is 0 Å². The van der Waals surface area contributed by atoms with Crippen LogP contribution in [0.3, 0.4) is 0 Å². The van der Waals surface area contributed by atoms with Crippen LogP contribution in [-0.4, -0.2) is 44.3 Å². The van der Waals surface area contributed by atoms with Crippen molar-refractivity contribution in [3.63, 3.8) is 0 Å². The van der Waals surface area contributed by atoms with Crippen molar-refractivity contribution < 1.29 is 4.74 Å². The number of hydrogen-bond donors (Lipinski definition) is 1. The van der Waals surface area contributed by atoms with Crippen LogP contribution in [0, 0.1) is 0 Å². The van der Waals surface area contributed by atoms with Gasteiger partial charge in [-0.25, -0.2) is 0 Å². The van der Waals surface area contributed by atoms with Crippen LogP contribution in [0.15, 0.2) is 6.07 Å². The number of rotatable bonds is 3. The highest BCUT2D eigenvalue weighted by atomic mass is 35.5. The number of nitrogens with one attached hydrogen (secondary N) is 1. The van der Waals surface area contributed by atoms with Gasteiger partial charge in [0.25, 0.3) is 0 Å². The van der Waals surface area contributed by atoms with Crippen molar-refractivity contribution in [3.8, 4) is 0 Å². The first-order valence-electron chi connectivity index (χ1n) is 6.54. The van der Waals surface area contributed by atoms with Crippen LogP contribution in [0.5, 0.6) is 0 Å². The normalized spacial score (nSPS) is 28.6. The monoisotopic (exact) mass is 286 g/mol. The van der Waals surface area contributed by atoms with Crippen molar-refractivity contribution >= 4 is 22.9 Å². The lowest BCUT2D eigenvalue weighted by Gasteiger charge is -2.31. The van der Waals surface area contributed by atoms with Crippen LogP contribution in [-0.2, 0) is 11.2 Å². The maximum Gasteiger partial charge on any atom is 0.0934 e. The van der Waals surface area contributed by atoms with Gasteiger partial charge in [0, 0.05) is 30.6 Å². The molecule has 0 saturated carbocycles. The second kappa shape index (κ2) is 5.47. The Kier molecular flexibility index (Phi) is 3.91. The molecule has 2 atom stereocenters. The van der Waals surface area contributed by atoms with Gasteiger partial charge in [0.15, 0.2) is 0 Å². The molecule has 1 fully saturated rings. The smallest absolute Gasteiger partial charge is 0.0934 e. The fourth-order valence-corrected chi connectivity index (χ4v) is 4.16. The summed E-state index contributed by atoms with van der Waals surface area (Å²) in [5.41, 5.74) is 1.41. The number of halogens is 1. The summed E-state index contributed by atoms with van der Waals surface area (Å²) in [5, 5.41) is 3.64. The molecule has 3 nitrogen and oxygen atoms in total. The topological polar surface area (TPSA) is 24.5 Å². The minimum absolute atomic E-state index is 0.321. The Morgan fingerprint density at radius 1 is 1.61 bits per heavy atom. The zero-order valence-corrected chi connectivity index (χ0v) is 12.2. The molecule has 1 aliphatic carbocycles. The summed E-state index contributed by atoms with van der Waals surface area (Å²) in [6, 6.07) is 2.60. The zero-order chi connectivity index (χ0) is 12.5. The van der Waals surface area contributed by atoms with Gasteiger partial charge in [-0.1, -0.05) is 11.6 Å². The molecule has 1 aliphatic heterocycles. The molecule has 1 aromatic heterocycles. The fraction of sp³-hybridized carbons (Fsp3) is 0.692. The molecule has 2 aliphatic rings. The summed E-state index contributed by atoms with van der Waals surface area (Å²) in [7, 11) is 2.15. The molecule has 0 aromatic carbocycles. The molecule has 3 rings (SSSR count). The van der Waals surface area contributed by atoms with E-state index in [1.165, 1.54) is 16.9 Å². The third-order valence-corrected chi connectivity index (χ3v) is 5.12. The number of fused-ring (bicyclic) bond motifs is 1. The number of likely N-dealkylation sites (N-methyl/N-ethyl adjacent to an activating group) is 1. The minimum atomic E-state index is 0.321. The Morgan fingerprint density at radius 3 is 3.33 bits per heavy atom. The Hall–Kier alpha value is -0.130. The van der Waals surface area contributed by atoms with E-state index in [0.717, 1.165) is 37.0 Å². The molecule has 2 heterocycles. The molecular weight excluding hydrogens is 268 g/mol. The van der Waals surface area contributed by atoms with Gasteiger partial charge in [0.1, 0.15) is 0 Å². The number of ether oxygens (including phenoxy) is 1. The van der Waals surface area contributed by atoms with Crippen molar-refractivity contribution in [2.24, 2.45) is 0 Å². The largest absolute Gasteiger partial charge is 0.374 e. The van der Waals surface area contributed by atoms with Crippen molar-refractivity contribution in [1.82, 2.24) is 10.2 Å². The van der Waals surface area contributed by atoms with Gasteiger partial charge in [0.2, 0.25) is 0 Å². The molecule has 5 heteroatoms. The van der Waals surface area contributed by atoms with E-state index >= 15 is 0 Å². The van der Waals surface area contributed by atoms with Crippen LogP contribution < -0.4 is 5.32 Å². The molecule has 0 amide bonds. The summed E-state index contributed by atoms with van der Waals surface area (Å²) in [6.07, 6.45) is 2.68. The summed E-state index contributed by atoms with van der Waals surface area (Å²) in [6.45, 7) is 3.85. The number of nitrogens with zero attached hydrogens (tertiary/aromatic N) is 1. The maximum atomic E-state index is 6.07. The first-order valence-corrected chi connectivity index (χ1v) is 7.73. The lowest BCUT2D eigenvalue weighted by Crippen LogP contribution is -2.45. The van der Waals surface area contributed by atoms with Gasteiger partial charge in [-0.05, 0) is 31.5 Å². The number of hydrogen-bond acceptors (Lipinski definition) is 4. The molecule has 1 N–H and O–H groups in total. The molecule has 0 radical (unpaired) electrons. The second-order valence-corrected chi connectivity index (χ2v) is 6.95. The van der Waals surface area contributed by atoms with Gasteiger partial charge >= 0.3 is 0 Å². The van der Waals surface area contributed by atoms with E-state index in [1.54, 1.807) is 11.3 Å². The maximum absolute atomic E-state index is 6.07. The van der Waals surface area contributed by atoms with Gasteiger partial charge < -0.3 is 15.0 Å². The highest BCUT2D eigenvalue weighted by molar-refractivity contribution is 7.16. The van der Waals surface area contributed by atoms with E-state index in [0.29, 0.717) is 12.1 Å². The average Bonchev–Trinajstić information content (AvgIpc) is 2.86. The molecule has 1 saturated heterocycles. The standard InChI is InChI=1S/C13H19ClN2OS/c1-16-4-5-17-9(8-16)7-15-11-2-3-12-10(11)6-13(14)18-12/h6,9,11,15H,2-5,7-8H2,1H3. The number of thiophene rings is 1. The van der Waals surface area contributed by atoms with Gasteiger partial charge in [-0.3, -0.25) is 0 Å². The number of aryl methyl sites for hydroxylation is 1. The van der Waals surface area contributed by atoms with Gasteiger partial charge in [-0.15, -0.1) is 11.3 Å². The van der Waals surface area contributed by atoms with Crippen molar-refractivity contribution in [1.29, 1.82) is 0 Å². The van der Waals surface area contributed by atoms with Gasteiger partial charge in [0.05, 0.1) is 17.0 Å².